The molecule has 0 spiro atoms. The van der Waals surface area contributed by atoms with E-state index in [4.69, 9.17) is 4.74 Å². The number of nitrogens with one attached hydrogen (secondary N) is 2. The number of benzene rings is 1. The molecule has 1 heterocycles. The minimum Gasteiger partial charge on any atom is -0.372 e. The Hall–Kier alpha value is -2.08. The summed E-state index contributed by atoms with van der Waals surface area (Å²) < 4.78 is 5.70. The molecule has 2 N–H and O–H groups in total. The molecule has 2 aliphatic rings. The summed E-state index contributed by atoms with van der Waals surface area (Å²) in [7, 11) is 1.78. The molecule has 1 aromatic rings. The number of nitrogens with zero attached hydrogens (tertiary/aromatic N) is 2. The summed E-state index contributed by atoms with van der Waals surface area (Å²) in [5, 5.41) is 6.67. The minimum absolute atomic E-state index is 0.0766. The predicted octanol–water partition coefficient (Wildman–Crippen LogP) is 1.76. The molecule has 1 aromatic carbocycles. The van der Waals surface area contributed by atoms with Crippen LogP contribution in [0.4, 0.5) is 0 Å². The first-order chi connectivity index (χ1) is 12.0. The highest BCUT2D eigenvalue weighted by Gasteiger charge is 2.26. The van der Waals surface area contributed by atoms with E-state index in [-0.39, 0.29) is 18.1 Å². The summed E-state index contributed by atoms with van der Waals surface area (Å²) in [4.78, 5) is 18.8. The molecule has 0 bridgehead atoms. The van der Waals surface area contributed by atoms with Crippen LogP contribution in [0.2, 0.25) is 0 Å². The molecule has 25 heavy (non-hydrogen) atoms. The third-order valence-corrected chi connectivity index (χ3v) is 4.51. The van der Waals surface area contributed by atoms with E-state index in [2.05, 4.69) is 15.6 Å². The quantitative estimate of drug-likeness (QED) is 0.645. The summed E-state index contributed by atoms with van der Waals surface area (Å²) in [6.45, 7) is 6.00. The fourth-order valence-corrected chi connectivity index (χ4v) is 3.09. The second-order valence-electron chi connectivity index (χ2n) is 7.01. The lowest BCUT2D eigenvalue weighted by Gasteiger charge is -2.35. The van der Waals surface area contributed by atoms with Crippen molar-refractivity contribution in [3.8, 4) is 0 Å². The highest BCUT2D eigenvalue weighted by atomic mass is 16.5. The van der Waals surface area contributed by atoms with Crippen molar-refractivity contribution in [2.45, 2.75) is 51.5 Å². The van der Waals surface area contributed by atoms with Crippen LogP contribution in [0.1, 0.15) is 42.6 Å². The molecule has 2 fully saturated rings. The van der Waals surface area contributed by atoms with Gasteiger partial charge in [0.1, 0.15) is 0 Å². The molecule has 1 saturated carbocycles. The Balaban J connectivity index is 1.55. The Morgan fingerprint density at radius 3 is 2.40 bits per heavy atom. The third kappa shape index (κ3) is 4.95. The zero-order chi connectivity index (χ0) is 17.8. The van der Waals surface area contributed by atoms with E-state index in [9.17, 15) is 4.79 Å². The van der Waals surface area contributed by atoms with Crippen LogP contribution in [0, 0.1) is 0 Å². The van der Waals surface area contributed by atoms with Gasteiger partial charge in [0.15, 0.2) is 5.96 Å². The van der Waals surface area contributed by atoms with Gasteiger partial charge < -0.3 is 20.3 Å². The molecule has 1 saturated heterocycles. The van der Waals surface area contributed by atoms with Crippen molar-refractivity contribution in [3.05, 3.63) is 35.4 Å². The molecule has 2 atom stereocenters. The minimum atomic E-state index is 0.0766. The van der Waals surface area contributed by atoms with Crippen LogP contribution in [-0.4, -0.2) is 55.2 Å². The van der Waals surface area contributed by atoms with Gasteiger partial charge in [0.2, 0.25) is 0 Å². The van der Waals surface area contributed by atoms with E-state index < -0.39 is 0 Å². The molecular weight excluding hydrogens is 316 g/mol. The first kappa shape index (κ1) is 17.7. The van der Waals surface area contributed by atoms with E-state index in [0.29, 0.717) is 25.7 Å². The summed E-state index contributed by atoms with van der Waals surface area (Å²) in [6.07, 6.45) is 2.61. The largest absolute Gasteiger partial charge is 0.372 e. The second kappa shape index (κ2) is 7.87. The van der Waals surface area contributed by atoms with Crippen LogP contribution < -0.4 is 10.6 Å². The number of carbonyl (C=O) groups excluding carboxylic acids is 1. The van der Waals surface area contributed by atoms with Gasteiger partial charge in [0.25, 0.3) is 5.91 Å². The smallest absolute Gasteiger partial charge is 0.254 e. The second-order valence-corrected chi connectivity index (χ2v) is 7.01. The molecule has 136 valence electrons. The Labute approximate surface area is 149 Å². The highest BCUT2D eigenvalue weighted by molar-refractivity contribution is 5.94. The van der Waals surface area contributed by atoms with E-state index in [1.807, 2.05) is 43.0 Å². The molecule has 1 amide bonds. The lowest BCUT2D eigenvalue weighted by atomic mass is 10.1. The number of morpholine rings is 1. The van der Waals surface area contributed by atoms with E-state index in [0.717, 1.165) is 17.1 Å². The number of aliphatic imine (C=N–C) groups is 1. The van der Waals surface area contributed by atoms with E-state index in [1.54, 1.807) is 7.05 Å². The van der Waals surface area contributed by atoms with Crippen molar-refractivity contribution in [2.75, 3.05) is 20.1 Å². The maximum absolute atomic E-state index is 12.7. The lowest BCUT2D eigenvalue weighted by molar-refractivity contribution is -0.0586. The summed E-state index contributed by atoms with van der Waals surface area (Å²) in [5.74, 6) is 0.909. The Bertz CT molecular complexity index is 615. The van der Waals surface area contributed by atoms with Crippen LogP contribution in [0.25, 0.3) is 0 Å². The first-order valence-electron chi connectivity index (χ1n) is 9.06. The summed E-state index contributed by atoms with van der Waals surface area (Å²) in [6, 6.07) is 8.38. The van der Waals surface area contributed by atoms with Gasteiger partial charge in [0.05, 0.1) is 12.2 Å². The average molecular weight is 344 g/mol. The van der Waals surface area contributed by atoms with Gasteiger partial charge in [-0.1, -0.05) is 12.1 Å². The number of carbonyl (C=O) groups is 1. The Morgan fingerprint density at radius 1 is 1.20 bits per heavy atom. The van der Waals surface area contributed by atoms with Crippen LogP contribution >= 0.6 is 0 Å². The van der Waals surface area contributed by atoms with Crippen molar-refractivity contribution < 1.29 is 9.53 Å². The topological polar surface area (TPSA) is 66.0 Å². The van der Waals surface area contributed by atoms with Crippen molar-refractivity contribution >= 4 is 11.9 Å². The zero-order valence-electron chi connectivity index (χ0n) is 15.3. The molecule has 1 aliphatic heterocycles. The third-order valence-electron chi connectivity index (χ3n) is 4.51. The van der Waals surface area contributed by atoms with Crippen molar-refractivity contribution in [1.82, 2.24) is 15.5 Å². The number of guanidine groups is 1. The molecule has 0 radical (unpaired) electrons. The van der Waals surface area contributed by atoms with Crippen molar-refractivity contribution in [2.24, 2.45) is 4.99 Å². The fourth-order valence-electron chi connectivity index (χ4n) is 3.09. The SMILES string of the molecule is CN=C(NCc1ccc(C(=O)N2CC(C)OC(C)C2)cc1)NC1CC1. The van der Waals surface area contributed by atoms with Crippen molar-refractivity contribution in [1.29, 1.82) is 0 Å². The maximum atomic E-state index is 12.7. The standard InChI is InChI=1S/C19H28N4O2/c1-13-11-23(12-14(2)25-13)18(24)16-6-4-15(5-7-16)10-21-19(20-3)22-17-8-9-17/h4-7,13-14,17H,8-12H2,1-3H3,(H2,20,21,22). The van der Waals surface area contributed by atoms with E-state index >= 15 is 0 Å². The number of amides is 1. The first-order valence-corrected chi connectivity index (χ1v) is 9.06. The molecule has 1 aliphatic carbocycles. The van der Waals surface area contributed by atoms with Gasteiger partial charge in [-0.15, -0.1) is 0 Å². The van der Waals surface area contributed by atoms with Gasteiger partial charge >= 0.3 is 0 Å². The normalized spacial score (nSPS) is 24.1. The monoisotopic (exact) mass is 344 g/mol. The average Bonchev–Trinajstić information content (AvgIpc) is 3.41. The number of hydrogen-bond acceptors (Lipinski definition) is 3. The van der Waals surface area contributed by atoms with Crippen LogP contribution in [0.15, 0.2) is 29.3 Å². The lowest BCUT2D eigenvalue weighted by Crippen LogP contribution is -2.48. The molecule has 0 aromatic heterocycles. The predicted molar refractivity (Wildman–Crippen MR) is 98.7 cm³/mol. The molecule has 6 heteroatoms. The number of ether oxygens (including phenoxy) is 1. The van der Waals surface area contributed by atoms with Gasteiger partial charge in [-0.05, 0) is 44.4 Å². The van der Waals surface area contributed by atoms with Crippen molar-refractivity contribution in [3.63, 3.8) is 0 Å². The van der Waals surface area contributed by atoms with Crippen LogP contribution in [-0.2, 0) is 11.3 Å². The van der Waals surface area contributed by atoms with Gasteiger partial charge in [-0.2, -0.15) is 0 Å². The number of hydrogen-bond donors (Lipinski definition) is 2. The molecule has 6 nitrogen and oxygen atoms in total. The van der Waals surface area contributed by atoms with Crippen LogP contribution in [0.5, 0.6) is 0 Å². The van der Waals surface area contributed by atoms with Gasteiger partial charge in [-0.25, -0.2) is 0 Å². The highest BCUT2D eigenvalue weighted by Crippen LogP contribution is 2.18. The van der Waals surface area contributed by atoms with Gasteiger partial charge in [-0.3, -0.25) is 9.79 Å². The van der Waals surface area contributed by atoms with Crippen LogP contribution in [0.3, 0.4) is 0 Å². The van der Waals surface area contributed by atoms with E-state index in [1.165, 1.54) is 12.8 Å². The zero-order valence-corrected chi connectivity index (χ0v) is 15.3. The summed E-state index contributed by atoms with van der Waals surface area (Å²) in [5.41, 5.74) is 1.85. The Morgan fingerprint density at radius 2 is 1.84 bits per heavy atom. The molecular formula is C19H28N4O2. The Kier molecular flexibility index (Phi) is 5.58. The molecule has 2 unspecified atom stereocenters. The summed E-state index contributed by atoms with van der Waals surface area (Å²) >= 11 is 0. The number of rotatable bonds is 4. The molecule has 3 rings (SSSR count). The maximum Gasteiger partial charge on any atom is 0.254 e. The van der Waals surface area contributed by atoms with Gasteiger partial charge in [0, 0.05) is 38.3 Å². The fraction of sp³-hybridized carbons (Fsp3) is 0.579.